The van der Waals surface area contributed by atoms with Crippen molar-refractivity contribution in [1.29, 1.82) is 0 Å². The lowest BCUT2D eigenvalue weighted by atomic mass is 10.1. The highest BCUT2D eigenvalue weighted by Gasteiger charge is 2.51. The second kappa shape index (κ2) is 6.35. The molecule has 1 amide bonds. The molecule has 3 rings (SSSR count). The fourth-order valence-corrected chi connectivity index (χ4v) is 2.85. The third kappa shape index (κ3) is 3.56. The molecule has 0 aliphatic heterocycles. The Labute approximate surface area is 140 Å². The zero-order valence-electron chi connectivity index (χ0n) is 13.4. The van der Waals surface area contributed by atoms with Crippen molar-refractivity contribution in [1.82, 2.24) is 5.32 Å². The molecule has 2 N–H and O–H groups in total. The highest BCUT2D eigenvalue weighted by molar-refractivity contribution is 5.95. The van der Waals surface area contributed by atoms with E-state index in [1.807, 2.05) is 25.1 Å². The zero-order chi connectivity index (χ0) is 17.2. The molecule has 0 heterocycles. The summed E-state index contributed by atoms with van der Waals surface area (Å²) in [5, 5.41) is 11.7. The van der Waals surface area contributed by atoms with Crippen molar-refractivity contribution in [3.05, 3.63) is 65.7 Å². The first-order valence-electron chi connectivity index (χ1n) is 7.80. The van der Waals surface area contributed by atoms with Gasteiger partial charge < -0.3 is 15.2 Å². The quantitative estimate of drug-likeness (QED) is 0.856. The van der Waals surface area contributed by atoms with E-state index < -0.39 is 12.6 Å². The van der Waals surface area contributed by atoms with E-state index in [2.05, 4.69) is 17.4 Å². The molecule has 5 nitrogen and oxygen atoms in total. The number of amides is 1. The minimum atomic E-state index is -1.04. The summed E-state index contributed by atoms with van der Waals surface area (Å²) in [5.41, 5.74) is 1.53. The Morgan fingerprint density at radius 1 is 1.17 bits per heavy atom. The van der Waals surface area contributed by atoms with Crippen LogP contribution in [-0.2, 0) is 4.79 Å². The van der Waals surface area contributed by atoms with Crippen LogP contribution in [0.4, 0.5) is 0 Å². The Hall–Kier alpha value is -2.82. The van der Waals surface area contributed by atoms with Crippen LogP contribution < -0.4 is 10.1 Å². The van der Waals surface area contributed by atoms with Crippen LogP contribution in [0.2, 0.25) is 0 Å². The van der Waals surface area contributed by atoms with Gasteiger partial charge >= 0.3 is 5.97 Å². The van der Waals surface area contributed by atoms with Crippen LogP contribution in [0.3, 0.4) is 0 Å². The fraction of sp³-hybridized carbons (Fsp3) is 0.263. The number of hydrogen-bond donors (Lipinski definition) is 2. The Kier molecular flexibility index (Phi) is 4.25. The van der Waals surface area contributed by atoms with E-state index >= 15 is 0 Å². The van der Waals surface area contributed by atoms with Gasteiger partial charge in [-0.1, -0.05) is 30.3 Å². The summed E-state index contributed by atoms with van der Waals surface area (Å²) in [5.74, 6) is -0.416. The summed E-state index contributed by atoms with van der Waals surface area (Å²) in [6.45, 7) is 1.65. The van der Waals surface area contributed by atoms with Crippen LogP contribution in [0.25, 0.3) is 0 Å². The van der Waals surface area contributed by atoms with Gasteiger partial charge in [0.05, 0.1) is 0 Å². The SMILES string of the molecule is C[C@]1(NC(=O)c2ccc(OCC(=O)O)cc2)C[C@@H]1c1ccccc1. The van der Waals surface area contributed by atoms with Crippen molar-refractivity contribution in [3.63, 3.8) is 0 Å². The van der Waals surface area contributed by atoms with Crippen molar-refractivity contribution in [2.75, 3.05) is 6.61 Å². The second-order valence-corrected chi connectivity index (χ2v) is 6.25. The first-order valence-corrected chi connectivity index (χ1v) is 7.80. The summed E-state index contributed by atoms with van der Waals surface area (Å²) in [4.78, 5) is 22.9. The molecule has 0 spiro atoms. The number of carbonyl (C=O) groups excluding carboxylic acids is 1. The number of carboxylic acid groups (broad SMARTS) is 1. The van der Waals surface area contributed by atoms with Gasteiger partial charge in [0, 0.05) is 17.0 Å². The van der Waals surface area contributed by atoms with Crippen molar-refractivity contribution < 1.29 is 19.4 Å². The van der Waals surface area contributed by atoms with E-state index in [1.54, 1.807) is 24.3 Å². The van der Waals surface area contributed by atoms with Crippen LogP contribution >= 0.6 is 0 Å². The van der Waals surface area contributed by atoms with Gasteiger partial charge in [0.2, 0.25) is 0 Å². The lowest BCUT2D eigenvalue weighted by Crippen LogP contribution is -2.35. The van der Waals surface area contributed by atoms with Gasteiger partial charge in [-0.2, -0.15) is 0 Å². The van der Waals surface area contributed by atoms with Crippen LogP contribution in [0, 0.1) is 0 Å². The highest BCUT2D eigenvalue weighted by atomic mass is 16.5. The smallest absolute Gasteiger partial charge is 0.341 e. The minimum Gasteiger partial charge on any atom is -0.482 e. The average molecular weight is 325 g/mol. The van der Waals surface area contributed by atoms with E-state index in [-0.39, 0.29) is 11.4 Å². The third-order valence-electron chi connectivity index (χ3n) is 4.32. The Morgan fingerprint density at radius 2 is 1.83 bits per heavy atom. The van der Waals surface area contributed by atoms with Crippen molar-refractivity contribution in [3.8, 4) is 5.75 Å². The monoisotopic (exact) mass is 325 g/mol. The van der Waals surface area contributed by atoms with E-state index in [0.717, 1.165) is 6.42 Å². The number of rotatable bonds is 6. The Bertz CT molecular complexity index is 742. The maximum absolute atomic E-state index is 12.4. The molecular weight excluding hydrogens is 306 g/mol. The van der Waals surface area contributed by atoms with Crippen LogP contribution in [0.1, 0.15) is 35.2 Å². The molecule has 0 bridgehead atoms. The first kappa shape index (κ1) is 16.1. The third-order valence-corrected chi connectivity index (χ3v) is 4.32. The van der Waals surface area contributed by atoms with Gasteiger partial charge in [-0.05, 0) is 43.2 Å². The maximum atomic E-state index is 12.4. The molecule has 2 atom stereocenters. The van der Waals surface area contributed by atoms with E-state index in [0.29, 0.717) is 17.2 Å². The normalized spacial score (nSPS) is 21.8. The fourth-order valence-electron chi connectivity index (χ4n) is 2.85. The highest BCUT2D eigenvalue weighted by Crippen LogP contribution is 2.51. The molecule has 24 heavy (non-hydrogen) atoms. The van der Waals surface area contributed by atoms with Crippen molar-refractivity contribution in [2.45, 2.75) is 24.8 Å². The van der Waals surface area contributed by atoms with Crippen molar-refractivity contribution in [2.24, 2.45) is 0 Å². The molecule has 0 unspecified atom stereocenters. The van der Waals surface area contributed by atoms with Crippen LogP contribution in [0.15, 0.2) is 54.6 Å². The summed E-state index contributed by atoms with van der Waals surface area (Å²) in [6, 6.07) is 16.6. The molecule has 0 radical (unpaired) electrons. The number of nitrogens with one attached hydrogen (secondary N) is 1. The number of carbonyl (C=O) groups is 2. The number of aliphatic carboxylic acids is 1. The molecular formula is C19H19NO4. The summed E-state index contributed by atoms with van der Waals surface area (Å²) < 4.78 is 5.06. The molecule has 0 saturated heterocycles. The number of carboxylic acids is 1. The Morgan fingerprint density at radius 3 is 2.46 bits per heavy atom. The van der Waals surface area contributed by atoms with Gasteiger partial charge in [-0.15, -0.1) is 0 Å². The molecule has 1 aliphatic carbocycles. The summed E-state index contributed by atoms with van der Waals surface area (Å²) in [7, 11) is 0. The zero-order valence-corrected chi connectivity index (χ0v) is 13.4. The van der Waals surface area contributed by atoms with Crippen molar-refractivity contribution >= 4 is 11.9 Å². The molecule has 5 heteroatoms. The molecule has 124 valence electrons. The lowest BCUT2D eigenvalue weighted by Gasteiger charge is -2.15. The van der Waals surface area contributed by atoms with Gasteiger partial charge in [-0.25, -0.2) is 4.79 Å². The van der Waals surface area contributed by atoms with E-state index in [9.17, 15) is 9.59 Å². The first-order chi connectivity index (χ1) is 11.5. The number of hydrogen-bond acceptors (Lipinski definition) is 3. The van der Waals surface area contributed by atoms with Crippen LogP contribution in [-0.4, -0.2) is 29.1 Å². The molecule has 1 aliphatic rings. The topological polar surface area (TPSA) is 75.6 Å². The Balaban J connectivity index is 1.60. The van der Waals surface area contributed by atoms with Gasteiger partial charge in [0.25, 0.3) is 5.91 Å². The standard InChI is InChI=1S/C19H19NO4/c1-19(11-16(19)13-5-3-2-4-6-13)20-18(23)14-7-9-15(10-8-14)24-12-17(21)22/h2-10,16H,11-12H2,1H3,(H,20,23)(H,21,22)/t16-,19+/m1/s1. The second-order valence-electron chi connectivity index (χ2n) is 6.25. The molecule has 2 aromatic carbocycles. The van der Waals surface area contributed by atoms with Gasteiger partial charge in [0.15, 0.2) is 6.61 Å². The number of ether oxygens (including phenoxy) is 1. The summed E-state index contributed by atoms with van der Waals surface area (Å²) >= 11 is 0. The lowest BCUT2D eigenvalue weighted by molar-refractivity contribution is -0.139. The number of benzene rings is 2. The van der Waals surface area contributed by atoms with Gasteiger partial charge in [0.1, 0.15) is 5.75 Å². The average Bonchev–Trinajstić information content (AvgIpc) is 3.25. The van der Waals surface area contributed by atoms with E-state index in [1.165, 1.54) is 5.56 Å². The maximum Gasteiger partial charge on any atom is 0.341 e. The molecule has 2 aromatic rings. The molecule has 1 saturated carbocycles. The predicted octanol–water partition coefficient (Wildman–Crippen LogP) is 2.83. The van der Waals surface area contributed by atoms with E-state index in [4.69, 9.17) is 9.84 Å². The largest absolute Gasteiger partial charge is 0.482 e. The van der Waals surface area contributed by atoms with Gasteiger partial charge in [-0.3, -0.25) is 4.79 Å². The minimum absolute atomic E-state index is 0.138. The predicted molar refractivity (Wildman–Crippen MR) is 89.2 cm³/mol. The molecule has 1 fully saturated rings. The molecule has 0 aromatic heterocycles. The van der Waals surface area contributed by atoms with Crippen LogP contribution in [0.5, 0.6) is 5.75 Å². The summed E-state index contributed by atoms with van der Waals surface area (Å²) in [6.07, 6.45) is 0.919.